The zero-order valence-electron chi connectivity index (χ0n) is 23.3. The smallest absolute Gasteiger partial charge is 0.246 e. The van der Waals surface area contributed by atoms with Crippen LogP contribution in [0.5, 0.6) is 11.5 Å². The summed E-state index contributed by atoms with van der Waals surface area (Å²) in [5.74, 6) is 1.69. The number of carbonyl (C=O) groups is 1. The van der Waals surface area contributed by atoms with Gasteiger partial charge in [0.25, 0.3) is 0 Å². The van der Waals surface area contributed by atoms with Gasteiger partial charge in [0.2, 0.25) is 5.91 Å². The van der Waals surface area contributed by atoms with Crippen molar-refractivity contribution in [3.05, 3.63) is 79.2 Å². The van der Waals surface area contributed by atoms with E-state index in [0.29, 0.717) is 53.0 Å². The Bertz CT molecular complexity index is 1870. The van der Waals surface area contributed by atoms with Crippen molar-refractivity contribution in [3.8, 4) is 11.5 Å². The maximum absolute atomic E-state index is 15.6. The first kappa shape index (κ1) is 25.9. The number of hydrogen-bond donors (Lipinski definition) is 1. The molecule has 10 nitrogen and oxygen atoms in total. The van der Waals surface area contributed by atoms with E-state index >= 15 is 4.39 Å². The highest BCUT2D eigenvalue weighted by atomic mass is 19.1. The van der Waals surface area contributed by atoms with Gasteiger partial charge >= 0.3 is 0 Å². The molecule has 212 valence electrons. The molecule has 1 amide bonds. The van der Waals surface area contributed by atoms with E-state index < -0.39 is 5.82 Å². The van der Waals surface area contributed by atoms with Crippen LogP contribution in [-0.4, -0.2) is 60.5 Å². The van der Waals surface area contributed by atoms with Crippen LogP contribution in [0.4, 0.5) is 21.7 Å². The van der Waals surface area contributed by atoms with E-state index in [9.17, 15) is 4.79 Å². The Morgan fingerprint density at radius 2 is 2.00 bits per heavy atom. The molecular weight excluding hydrogens is 535 g/mol. The Labute approximate surface area is 241 Å². The Hall–Kier alpha value is -5.06. The number of aromatic nitrogens is 5. The van der Waals surface area contributed by atoms with E-state index in [1.807, 2.05) is 46.8 Å². The molecule has 5 heterocycles. The summed E-state index contributed by atoms with van der Waals surface area (Å²) < 4.78 is 23.6. The number of hydrogen-bond acceptors (Lipinski definition) is 8. The van der Waals surface area contributed by atoms with E-state index in [1.54, 1.807) is 25.4 Å². The van der Waals surface area contributed by atoms with Crippen molar-refractivity contribution < 1.29 is 13.9 Å². The molecule has 2 saturated heterocycles. The van der Waals surface area contributed by atoms with Gasteiger partial charge in [0, 0.05) is 37.8 Å². The van der Waals surface area contributed by atoms with E-state index in [1.165, 1.54) is 12.4 Å². The highest BCUT2D eigenvalue weighted by Gasteiger charge is 2.41. The SMILES string of the molecule is C=CC(=O)N1CC[C@H]2C[C@@H]1CN2c1ccc2ncnc(Nc3ccc(Oc4ccc5c(c4)ncn5C)c(C)c3F)c2n1. The third-order valence-electron chi connectivity index (χ3n) is 8.27. The number of aryl methyl sites for hydroxylation is 1. The summed E-state index contributed by atoms with van der Waals surface area (Å²) in [6, 6.07) is 13.2. The number of carbonyl (C=O) groups excluding carboxylic acids is 1. The fraction of sp³-hybridized carbons (Fsp3) is 0.258. The number of benzene rings is 2. The molecule has 2 aromatic carbocycles. The molecule has 5 aromatic rings. The van der Waals surface area contributed by atoms with Gasteiger partial charge in [-0.25, -0.2) is 24.3 Å². The monoisotopic (exact) mass is 564 g/mol. The third-order valence-corrected chi connectivity index (χ3v) is 8.27. The molecule has 0 aliphatic carbocycles. The number of pyridine rings is 1. The summed E-state index contributed by atoms with van der Waals surface area (Å²) in [4.78, 5) is 34.5. The lowest BCUT2D eigenvalue weighted by molar-refractivity contribution is -0.128. The number of ether oxygens (including phenoxy) is 1. The zero-order chi connectivity index (χ0) is 29.0. The molecular formula is C31H29FN8O2. The number of anilines is 3. The number of fused-ring (bicyclic) bond motifs is 4. The molecule has 3 aromatic heterocycles. The lowest BCUT2D eigenvalue weighted by atomic mass is 10.0. The predicted octanol–water partition coefficient (Wildman–Crippen LogP) is 5.26. The highest BCUT2D eigenvalue weighted by Crippen LogP contribution is 2.36. The van der Waals surface area contributed by atoms with Crippen LogP contribution in [0.25, 0.3) is 22.1 Å². The maximum atomic E-state index is 15.6. The summed E-state index contributed by atoms with van der Waals surface area (Å²) in [7, 11) is 1.93. The first-order chi connectivity index (χ1) is 20.4. The summed E-state index contributed by atoms with van der Waals surface area (Å²) in [6.07, 6.45) is 6.31. The number of amides is 1. The van der Waals surface area contributed by atoms with Crippen LogP contribution in [-0.2, 0) is 11.8 Å². The normalized spacial score (nSPS) is 18.1. The Morgan fingerprint density at radius 3 is 2.86 bits per heavy atom. The fourth-order valence-electron chi connectivity index (χ4n) is 6.04. The lowest BCUT2D eigenvalue weighted by Crippen LogP contribution is -2.43. The largest absolute Gasteiger partial charge is 0.457 e. The quantitative estimate of drug-likeness (QED) is 0.279. The maximum Gasteiger partial charge on any atom is 0.246 e. The molecule has 0 spiro atoms. The molecule has 2 atom stereocenters. The number of rotatable bonds is 6. The zero-order valence-corrected chi connectivity index (χ0v) is 23.3. The predicted molar refractivity (Wildman–Crippen MR) is 159 cm³/mol. The second-order valence-corrected chi connectivity index (χ2v) is 10.8. The summed E-state index contributed by atoms with van der Waals surface area (Å²) in [5, 5.41) is 3.13. The van der Waals surface area contributed by atoms with Gasteiger partial charge in [0.05, 0.1) is 34.6 Å². The van der Waals surface area contributed by atoms with Crippen molar-refractivity contribution in [3.63, 3.8) is 0 Å². The van der Waals surface area contributed by atoms with Crippen molar-refractivity contribution in [2.45, 2.75) is 31.8 Å². The summed E-state index contributed by atoms with van der Waals surface area (Å²) >= 11 is 0. The van der Waals surface area contributed by atoms with Crippen molar-refractivity contribution in [1.82, 2.24) is 29.4 Å². The molecule has 42 heavy (non-hydrogen) atoms. The molecule has 2 aliphatic rings. The summed E-state index contributed by atoms with van der Waals surface area (Å²) in [5.41, 5.74) is 3.57. The van der Waals surface area contributed by atoms with Gasteiger partial charge in [-0.05, 0) is 62.2 Å². The molecule has 1 N–H and O–H groups in total. The van der Waals surface area contributed by atoms with Crippen LogP contribution < -0.4 is 15.0 Å². The van der Waals surface area contributed by atoms with Crippen LogP contribution in [0.15, 0.2) is 67.8 Å². The van der Waals surface area contributed by atoms with Gasteiger partial charge < -0.3 is 24.4 Å². The number of piperidine rings is 1. The Kier molecular flexibility index (Phi) is 6.22. The van der Waals surface area contributed by atoms with Gasteiger partial charge in [-0.1, -0.05) is 6.58 Å². The van der Waals surface area contributed by atoms with Crippen molar-refractivity contribution in [2.75, 3.05) is 23.3 Å². The Morgan fingerprint density at radius 1 is 1.12 bits per heavy atom. The van der Waals surface area contributed by atoms with Crippen molar-refractivity contribution in [2.24, 2.45) is 7.05 Å². The van der Waals surface area contributed by atoms with E-state index in [0.717, 1.165) is 29.7 Å². The highest BCUT2D eigenvalue weighted by molar-refractivity contribution is 5.89. The van der Waals surface area contributed by atoms with Gasteiger partial charge in [-0.15, -0.1) is 0 Å². The second-order valence-electron chi connectivity index (χ2n) is 10.8. The number of nitrogens with zero attached hydrogens (tertiary/aromatic N) is 7. The number of likely N-dealkylation sites (tertiary alicyclic amines) is 1. The lowest BCUT2D eigenvalue weighted by Gasteiger charge is -2.31. The minimum Gasteiger partial charge on any atom is -0.457 e. The van der Waals surface area contributed by atoms with Crippen LogP contribution in [0, 0.1) is 12.7 Å². The van der Waals surface area contributed by atoms with Crippen LogP contribution in [0.2, 0.25) is 0 Å². The van der Waals surface area contributed by atoms with E-state index in [2.05, 4.69) is 31.7 Å². The van der Waals surface area contributed by atoms with Crippen LogP contribution in [0.1, 0.15) is 18.4 Å². The average molecular weight is 565 g/mol. The second kappa shape index (κ2) is 10.1. The minimum atomic E-state index is -0.449. The van der Waals surface area contributed by atoms with Gasteiger partial charge in [-0.3, -0.25) is 4.79 Å². The molecule has 2 fully saturated rings. The molecule has 0 unspecified atom stereocenters. The van der Waals surface area contributed by atoms with E-state index in [4.69, 9.17) is 9.72 Å². The first-order valence-electron chi connectivity index (χ1n) is 13.9. The van der Waals surface area contributed by atoms with Gasteiger partial charge in [0.15, 0.2) is 11.6 Å². The average Bonchev–Trinajstić information content (AvgIpc) is 3.55. The molecule has 0 radical (unpaired) electrons. The number of nitrogens with one attached hydrogen (secondary N) is 1. The third kappa shape index (κ3) is 4.37. The molecule has 0 saturated carbocycles. The van der Waals surface area contributed by atoms with Crippen molar-refractivity contribution in [1.29, 1.82) is 0 Å². The van der Waals surface area contributed by atoms with Crippen molar-refractivity contribution >= 4 is 45.3 Å². The first-order valence-corrected chi connectivity index (χ1v) is 13.9. The fourth-order valence-corrected chi connectivity index (χ4v) is 6.04. The van der Waals surface area contributed by atoms with E-state index in [-0.39, 0.29) is 17.6 Å². The summed E-state index contributed by atoms with van der Waals surface area (Å²) in [6.45, 7) is 6.72. The number of imidazole rings is 1. The minimum absolute atomic E-state index is 0.0327. The molecule has 2 bridgehead atoms. The molecule has 2 aliphatic heterocycles. The van der Waals surface area contributed by atoms with Gasteiger partial charge in [-0.2, -0.15) is 0 Å². The molecule has 7 rings (SSSR count). The topological polar surface area (TPSA) is 101 Å². The van der Waals surface area contributed by atoms with Gasteiger partial charge in [0.1, 0.15) is 29.2 Å². The Balaban J connectivity index is 1.15. The van der Waals surface area contributed by atoms with Crippen LogP contribution in [0.3, 0.4) is 0 Å². The van der Waals surface area contributed by atoms with Crippen LogP contribution >= 0.6 is 0 Å². The standard InChI is InChI=1S/C31H29FN8O2/c1-4-28(41)39-12-11-19-13-20(39)15-40(19)27-10-7-23-30(37-27)31(34-16-33-23)36-22-6-9-26(18(2)29(22)32)42-21-5-8-25-24(14-21)35-17-38(25)3/h4-10,14,16-17,19-20H,1,11-13,15H2,2-3H3,(H,33,34,36)/t19-,20+/m0/s1. The number of halogens is 1. The molecule has 11 heteroatoms.